The molecule has 0 fully saturated rings. The van der Waals surface area contributed by atoms with Crippen molar-refractivity contribution in [1.29, 1.82) is 0 Å². The molecular formula is C18H17FN2O2S. The van der Waals surface area contributed by atoms with Gasteiger partial charge < -0.3 is 9.73 Å². The molecule has 1 aromatic carbocycles. The molecule has 0 unspecified atom stereocenters. The molecule has 0 aliphatic heterocycles. The van der Waals surface area contributed by atoms with Crippen LogP contribution in [0.2, 0.25) is 0 Å². The molecule has 3 aromatic rings. The predicted molar refractivity (Wildman–Crippen MR) is 91.2 cm³/mol. The fraction of sp³-hybridized carbons (Fsp3) is 0.222. The molecule has 0 spiro atoms. The van der Waals surface area contributed by atoms with Crippen molar-refractivity contribution in [3.63, 3.8) is 0 Å². The number of aromatic nitrogens is 1. The van der Waals surface area contributed by atoms with Crippen molar-refractivity contribution in [2.45, 2.75) is 26.8 Å². The van der Waals surface area contributed by atoms with E-state index in [1.165, 1.54) is 17.4 Å². The van der Waals surface area contributed by atoms with Gasteiger partial charge in [-0.05, 0) is 43.2 Å². The van der Waals surface area contributed by atoms with E-state index in [1.54, 1.807) is 19.1 Å². The fourth-order valence-electron chi connectivity index (χ4n) is 2.30. The normalized spacial score (nSPS) is 10.8. The molecule has 0 atom stereocenters. The maximum Gasteiger partial charge on any atom is 0.226 e. The van der Waals surface area contributed by atoms with Gasteiger partial charge in [0, 0.05) is 11.9 Å². The summed E-state index contributed by atoms with van der Waals surface area (Å²) in [5.74, 6) is 1.18. The highest BCUT2D eigenvalue weighted by Crippen LogP contribution is 2.25. The largest absolute Gasteiger partial charge is 0.459 e. The van der Waals surface area contributed by atoms with E-state index in [4.69, 9.17) is 4.42 Å². The zero-order valence-electron chi connectivity index (χ0n) is 13.4. The number of amides is 1. The van der Waals surface area contributed by atoms with Crippen LogP contribution in [-0.2, 0) is 17.8 Å². The van der Waals surface area contributed by atoms with E-state index in [0.717, 1.165) is 16.3 Å². The molecule has 1 N–H and O–H groups in total. The third-order valence-electron chi connectivity index (χ3n) is 3.56. The first-order valence-corrected chi connectivity index (χ1v) is 8.42. The maximum atomic E-state index is 13.2. The first-order chi connectivity index (χ1) is 11.5. The number of nitrogens with zero attached hydrogens (tertiary/aromatic N) is 1. The Morgan fingerprint density at radius 1 is 1.29 bits per heavy atom. The highest BCUT2D eigenvalue weighted by atomic mass is 32.1. The summed E-state index contributed by atoms with van der Waals surface area (Å²) in [4.78, 5) is 16.5. The lowest BCUT2D eigenvalue weighted by Gasteiger charge is -2.05. The van der Waals surface area contributed by atoms with Crippen molar-refractivity contribution in [3.05, 3.63) is 64.1 Å². The first-order valence-electron chi connectivity index (χ1n) is 7.54. The molecule has 0 saturated carbocycles. The van der Waals surface area contributed by atoms with Crippen molar-refractivity contribution in [1.82, 2.24) is 10.3 Å². The van der Waals surface area contributed by atoms with E-state index < -0.39 is 0 Å². The van der Waals surface area contributed by atoms with Crippen LogP contribution in [0.15, 0.2) is 40.1 Å². The number of carbonyl (C=O) groups excluding carboxylic acids is 1. The number of halogens is 1. The van der Waals surface area contributed by atoms with Gasteiger partial charge in [0.2, 0.25) is 5.91 Å². The van der Waals surface area contributed by atoms with Crippen molar-refractivity contribution in [2.24, 2.45) is 0 Å². The number of thiazole rings is 1. The molecule has 3 rings (SSSR count). The molecule has 0 aliphatic carbocycles. The van der Waals surface area contributed by atoms with E-state index in [9.17, 15) is 9.18 Å². The maximum absolute atomic E-state index is 13.2. The average molecular weight is 344 g/mol. The van der Waals surface area contributed by atoms with Crippen molar-refractivity contribution >= 4 is 17.2 Å². The standard InChI is InChI=1S/C18H17FN2O2S/c1-11-7-13(4-5-15(11)19)9-20-17(22)8-14-10-24-18(21-14)16-6-3-12(2)23-16/h3-7,10H,8-9H2,1-2H3,(H,20,22). The van der Waals surface area contributed by atoms with Gasteiger partial charge >= 0.3 is 0 Å². The van der Waals surface area contributed by atoms with E-state index in [-0.39, 0.29) is 18.1 Å². The van der Waals surface area contributed by atoms with Gasteiger partial charge in [0.15, 0.2) is 10.8 Å². The second kappa shape index (κ2) is 6.97. The van der Waals surface area contributed by atoms with Crippen LogP contribution >= 0.6 is 11.3 Å². The summed E-state index contributed by atoms with van der Waals surface area (Å²) in [6.07, 6.45) is 0.205. The summed E-state index contributed by atoms with van der Waals surface area (Å²) < 4.78 is 18.8. The lowest BCUT2D eigenvalue weighted by molar-refractivity contribution is -0.120. The van der Waals surface area contributed by atoms with Gasteiger partial charge in [-0.3, -0.25) is 4.79 Å². The van der Waals surface area contributed by atoms with Gasteiger partial charge in [0.25, 0.3) is 0 Å². The number of furan rings is 1. The minimum Gasteiger partial charge on any atom is -0.459 e. The number of rotatable bonds is 5. The predicted octanol–water partition coefficient (Wildman–Crippen LogP) is 4.02. The zero-order chi connectivity index (χ0) is 17.1. The van der Waals surface area contributed by atoms with E-state index in [2.05, 4.69) is 10.3 Å². The molecule has 124 valence electrons. The smallest absolute Gasteiger partial charge is 0.226 e. The van der Waals surface area contributed by atoms with Crippen LogP contribution in [0, 0.1) is 19.7 Å². The quantitative estimate of drug-likeness (QED) is 0.761. The number of nitrogens with one attached hydrogen (secondary N) is 1. The molecule has 6 heteroatoms. The number of carbonyl (C=O) groups is 1. The lowest BCUT2D eigenvalue weighted by atomic mass is 10.1. The van der Waals surface area contributed by atoms with Gasteiger partial charge in [-0.15, -0.1) is 11.3 Å². The molecule has 24 heavy (non-hydrogen) atoms. The molecule has 0 bridgehead atoms. The third-order valence-corrected chi connectivity index (χ3v) is 4.46. The number of hydrogen-bond acceptors (Lipinski definition) is 4. The van der Waals surface area contributed by atoms with Crippen LogP contribution in [0.3, 0.4) is 0 Å². The molecule has 1 amide bonds. The lowest BCUT2D eigenvalue weighted by Crippen LogP contribution is -2.24. The third kappa shape index (κ3) is 3.89. The van der Waals surface area contributed by atoms with Gasteiger partial charge in [0.1, 0.15) is 11.6 Å². The summed E-state index contributed by atoms with van der Waals surface area (Å²) in [7, 11) is 0. The summed E-state index contributed by atoms with van der Waals surface area (Å²) in [5, 5.41) is 5.45. The minimum atomic E-state index is -0.242. The Hall–Kier alpha value is -2.47. The Morgan fingerprint density at radius 3 is 2.83 bits per heavy atom. The summed E-state index contributed by atoms with van der Waals surface area (Å²) in [6, 6.07) is 8.57. The highest BCUT2D eigenvalue weighted by molar-refractivity contribution is 7.13. The van der Waals surface area contributed by atoms with Gasteiger partial charge in [0.05, 0.1) is 12.1 Å². The second-order valence-electron chi connectivity index (χ2n) is 5.59. The molecule has 4 nitrogen and oxygen atoms in total. The SMILES string of the molecule is Cc1ccc(-c2nc(CC(=O)NCc3ccc(F)c(C)c3)cs2)o1. The van der Waals surface area contributed by atoms with Gasteiger partial charge in [-0.2, -0.15) is 0 Å². The number of hydrogen-bond donors (Lipinski definition) is 1. The molecule has 0 saturated heterocycles. The van der Waals surface area contributed by atoms with Crippen LogP contribution in [0.5, 0.6) is 0 Å². The van der Waals surface area contributed by atoms with E-state index in [1.807, 2.05) is 24.4 Å². The van der Waals surface area contributed by atoms with Crippen molar-refractivity contribution in [3.8, 4) is 10.8 Å². The number of aryl methyl sites for hydroxylation is 2. The average Bonchev–Trinajstić information content (AvgIpc) is 3.17. The Labute approximate surface area is 143 Å². The molecular weight excluding hydrogens is 327 g/mol. The summed E-state index contributed by atoms with van der Waals surface area (Å²) in [5.41, 5.74) is 2.14. The monoisotopic (exact) mass is 344 g/mol. The van der Waals surface area contributed by atoms with Crippen LogP contribution in [0.25, 0.3) is 10.8 Å². The van der Waals surface area contributed by atoms with Crippen LogP contribution in [-0.4, -0.2) is 10.9 Å². The zero-order valence-corrected chi connectivity index (χ0v) is 14.2. The van der Waals surface area contributed by atoms with Gasteiger partial charge in [-0.1, -0.05) is 12.1 Å². The topological polar surface area (TPSA) is 55.1 Å². The summed E-state index contributed by atoms with van der Waals surface area (Å²) >= 11 is 1.45. The number of benzene rings is 1. The molecule has 2 heterocycles. The molecule has 0 aliphatic rings. The second-order valence-corrected chi connectivity index (χ2v) is 6.45. The molecule has 0 radical (unpaired) electrons. The van der Waals surface area contributed by atoms with Crippen LogP contribution in [0.1, 0.15) is 22.6 Å². The Morgan fingerprint density at radius 2 is 2.12 bits per heavy atom. The summed E-state index contributed by atoms with van der Waals surface area (Å²) in [6.45, 7) is 3.95. The highest BCUT2D eigenvalue weighted by Gasteiger charge is 2.11. The van der Waals surface area contributed by atoms with E-state index >= 15 is 0 Å². The van der Waals surface area contributed by atoms with Crippen LogP contribution in [0.4, 0.5) is 4.39 Å². The Balaban J connectivity index is 1.57. The van der Waals surface area contributed by atoms with Crippen molar-refractivity contribution < 1.29 is 13.6 Å². The Kier molecular flexibility index (Phi) is 4.76. The Bertz CT molecular complexity index is 870. The van der Waals surface area contributed by atoms with Gasteiger partial charge in [-0.25, -0.2) is 9.37 Å². The fourth-order valence-corrected chi connectivity index (χ4v) is 3.07. The minimum absolute atomic E-state index is 0.121. The van der Waals surface area contributed by atoms with Crippen LogP contribution < -0.4 is 5.32 Å². The van der Waals surface area contributed by atoms with E-state index in [0.29, 0.717) is 23.6 Å². The van der Waals surface area contributed by atoms with Crippen molar-refractivity contribution in [2.75, 3.05) is 0 Å². The molecule has 2 aromatic heterocycles. The first kappa shape index (κ1) is 16.4.